The highest BCUT2D eigenvalue weighted by Gasteiger charge is 2.28. The minimum atomic E-state index is -0.421. The zero-order chi connectivity index (χ0) is 22.0. The molecule has 2 fully saturated rings. The third-order valence-corrected chi connectivity index (χ3v) is 6.10. The molecule has 8 nitrogen and oxygen atoms in total. The molecule has 8 heteroatoms. The molecule has 1 N–H and O–H groups in total. The lowest BCUT2D eigenvalue weighted by atomic mass is 10.1. The average molecular weight is 425 g/mol. The number of hydrogen-bond donors (Lipinski definition) is 1. The molecule has 0 bridgehead atoms. The maximum atomic E-state index is 13.0. The molecule has 1 heterocycles. The zero-order valence-corrected chi connectivity index (χ0v) is 17.9. The summed E-state index contributed by atoms with van der Waals surface area (Å²) >= 11 is 0. The van der Waals surface area contributed by atoms with Gasteiger partial charge in [0.05, 0.1) is 12.0 Å². The van der Waals surface area contributed by atoms with E-state index in [1.54, 1.807) is 24.1 Å². The van der Waals surface area contributed by atoms with Crippen molar-refractivity contribution in [1.29, 1.82) is 0 Å². The van der Waals surface area contributed by atoms with E-state index in [4.69, 9.17) is 4.74 Å². The number of nitrogens with one attached hydrogen (secondary N) is 1. The third kappa shape index (κ3) is 4.80. The van der Waals surface area contributed by atoms with E-state index in [0.717, 1.165) is 31.7 Å². The second-order valence-corrected chi connectivity index (χ2v) is 8.19. The first-order valence-electron chi connectivity index (χ1n) is 10.7. The Labute approximate surface area is 181 Å². The lowest BCUT2D eigenvalue weighted by Crippen LogP contribution is -2.49. The Bertz CT molecular complexity index is 968. The van der Waals surface area contributed by atoms with Gasteiger partial charge in [-0.2, -0.15) is 0 Å². The van der Waals surface area contributed by atoms with E-state index in [1.807, 2.05) is 18.2 Å². The number of benzene rings is 2. The summed E-state index contributed by atoms with van der Waals surface area (Å²) in [5.74, 6) is 0.675. The highest BCUT2D eigenvalue weighted by molar-refractivity contribution is 5.95. The molecular formula is C23H28N4O4. The Morgan fingerprint density at radius 1 is 1.16 bits per heavy atom. The summed E-state index contributed by atoms with van der Waals surface area (Å²) < 4.78 is 5.33. The highest BCUT2D eigenvalue weighted by atomic mass is 16.6. The first kappa shape index (κ1) is 21.1. The fourth-order valence-electron chi connectivity index (χ4n) is 3.99. The summed E-state index contributed by atoms with van der Waals surface area (Å²) in [4.78, 5) is 28.2. The first-order valence-corrected chi connectivity index (χ1v) is 10.7. The summed E-state index contributed by atoms with van der Waals surface area (Å²) in [7, 11) is 1.66. The topological polar surface area (TPSA) is 88.0 Å². The average Bonchev–Trinajstić information content (AvgIpc) is 3.62. The normalized spacial score (nSPS) is 17.8. The van der Waals surface area contributed by atoms with Crippen LogP contribution in [0, 0.1) is 10.1 Å². The predicted molar refractivity (Wildman–Crippen MR) is 119 cm³/mol. The molecule has 1 aliphatic carbocycles. The van der Waals surface area contributed by atoms with E-state index in [0.29, 0.717) is 30.4 Å². The fraction of sp³-hybridized carbons (Fsp3) is 0.435. The van der Waals surface area contributed by atoms with Gasteiger partial charge in [-0.05, 0) is 49.6 Å². The summed E-state index contributed by atoms with van der Waals surface area (Å²) in [6, 6.07) is 13.3. The largest absolute Gasteiger partial charge is 0.497 e. The van der Waals surface area contributed by atoms with Crippen LogP contribution in [0.5, 0.6) is 5.75 Å². The van der Waals surface area contributed by atoms with Gasteiger partial charge in [0.25, 0.3) is 11.6 Å². The molecule has 2 aliphatic rings. The SMILES string of the molecule is COc1cccc(C(C)N2CCN(C(=O)c3ccc(NC4CC4)c([N+](=O)[O-])c3)CC2)c1. The molecule has 1 saturated heterocycles. The van der Waals surface area contributed by atoms with Gasteiger partial charge in [0, 0.05) is 49.9 Å². The van der Waals surface area contributed by atoms with Gasteiger partial charge in [-0.15, -0.1) is 0 Å². The number of nitro groups is 1. The molecule has 1 aliphatic heterocycles. The number of carbonyl (C=O) groups excluding carboxylic acids is 1. The van der Waals surface area contributed by atoms with E-state index in [9.17, 15) is 14.9 Å². The quantitative estimate of drug-likeness (QED) is 0.539. The Hall–Kier alpha value is -3.13. The summed E-state index contributed by atoms with van der Waals surface area (Å²) in [6.45, 7) is 4.81. The van der Waals surface area contributed by atoms with Crippen LogP contribution in [-0.4, -0.2) is 60.0 Å². The molecule has 2 aromatic carbocycles. The standard InChI is InChI=1S/C23H28N4O4/c1-16(17-4-3-5-20(14-17)31-2)25-10-12-26(13-11-25)23(28)18-6-9-21(24-19-7-8-19)22(15-18)27(29)30/h3-6,9,14-16,19,24H,7-8,10-13H2,1-2H3. The van der Waals surface area contributed by atoms with E-state index >= 15 is 0 Å². The molecule has 1 atom stereocenters. The van der Waals surface area contributed by atoms with Crippen molar-refractivity contribution in [3.63, 3.8) is 0 Å². The summed E-state index contributed by atoms with van der Waals surface area (Å²) in [5.41, 5.74) is 1.99. The number of carbonyl (C=O) groups is 1. The van der Waals surface area contributed by atoms with Crippen LogP contribution in [0.15, 0.2) is 42.5 Å². The fourth-order valence-corrected chi connectivity index (χ4v) is 3.99. The van der Waals surface area contributed by atoms with Crippen molar-refractivity contribution in [3.05, 3.63) is 63.7 Å². The molecule has 1 unspecified atom stereocenters. The van der Waals surface area contributed by atoms with E-state index in [-0.39, 0.29) is 17.6 Å². The van der Waals surface area contributed by atoms with Crippen molar-refractivity contribution in [2.45, 2.75) is 31.8 Å². The number of nitro benzene ring substituents is 1. The smallest absolute Gasteiger partial charge is 0.293 e. The first-order chi connectivity index (χ1) is 15.0. The predicted octanol–water partition coefficient (Wildman–Crippen LogP) is 3.70. The molecule has 1 saturated carbocycles. The van der Waals surface area contributed by atoms with Crippen LogP contribution in [0.4, 0.5) is 11.4 Å². The number of rotatable bonds is 7. The number of nitrogens with zero attached hydrogens (tertiary/aromatic N) is 3. The van der Waals surface area contributed by atoms with Crippen molar-refractivity contribution in [2.75, 3.05) is 38.6 Å². The number of ether oxygens (including phenoxy) is 1. The molecule has 1 amide bonds. The summed E-state index contributed by atoms with van der Waals surface area (Å²) in [6.07, 6.45) is 2.05. The van der Waals surface area contributed by atoms with Gasteiger partial charge in [0.1, 0.15) is 11.4 Å². The van der Waals surface area contributed by atoms with Crippen molar-refractivity contribution >= 4 is 17.3 Å². The van der Waals surface area contributed by atoms with Crippen LogP contribution < -0.4 is 10.1 Å². The number of amides is 1. The van der Waals surface area contributed by atoms with Crippen LogP contribution in [0.3, 0.4) is 0 Å². The van der Waals surface area contributed by atoms with Gasteiger partial charge in [0.15, 0.2) is 0 Å². The molecule has 31 heavy (non-hydrogen) atoms. The molecule has 0 radical (unpaired) electrons. The van der Waals surface area contributed by atoms with Crippen molar-refractivity contribution in [1.82, 2.24) is 9.80 Å². The molecule has 0 spiro atoms. The van der Waals surface area contributed by atoms with E-state index in [2.05, 4.69) is 23.2 Å². The van der Waals surface area contributed by atoms with Crippen LogP contribution >= 0.6 is 0 Å². The molecule has 2 aromatic rings. The number of piperazine rings is 1. The minimum Gasteiger partial charge on any atom is -0.497 e. The Morgan fingerprint density at radius 3 is 2.55 bits per heavy atom. The van der Waals surface area contributed by atoms with Gasteiger partial charge in [-0.3, -0.25) is 19.8 Å². The molecule has 4 rings (SSSR count). The third-order valence-electron chi connectivity index (χ3n) is 6.10. The number of anilines is 1. The maximum Gasteiger partial charge on any atom is 0.293 e. The second kappa shape index (κ2) is 8.93. The minimum absolute atomic E-state index is 0.0389. The van der Waals surface area contributed by atoms with Gasteiger partial charge in [-0.25, -0.2) is 0 Å². The van der Waals surface area contributed by atoms with Crippen LogP contribution in [0.1, 0.15) is 41.7 Å². The van der Waals surface area contributed by atoms with Gasteiger partial charge >= 0.3 is 0 Å². The van der Waals surface area contributed by atoms with E-state index < -0.39 is 4.92 Å². The lowest BCUT2D eigenvalue weighted by molar-refractivity contribution is -0.384. The molecular weight excluding hydrogens is 396 g/mol. The van der Waals surface area contributed by atoms with Crippen molar-refractivity contribution in [3.8, 4) is 5.75 Å². The van der Waals surface area contributed by atoms with Gasteiger partial charge in [-0.1, -0.05) is 12.1 Å². The maximum absolute atomic E-state index is 13.0. The highest BCUT2D eigenvalue weighted by Crippen LogP contribution is 2.32. The lowest BCUT2D eigenvalue weighted by Gasteiger charge is -2.38. The number of hydrogen-bond acceptors (Lipinski definition) is 6. The van der Waals surface area contributed by atoms with Gasteiger partial charge in [0.2, 0.25) is 0 Å². The zero-order valence-electron chi connectivity index (χ0n) is 17.9. The summed E-state index contributed by atoms with van der Waals surface area (Å²) in [5, 5.41) is 14.7. The number of methoxy groups -OCH3 is 1. The molecule has 164 valence electrons. The van der Waals surface area contributed by atoms with Crippen LogP contribution in [-0.2, 0) is 0 Å². The monoisotopic (exact) mass is 424 g/mol. The Kier molecular flexibility index (Phi) is 6.08. The van der Waals surface area contributed by atoms with Crippen LogP contribution in [0.25, 0.3) is 0 Å². The van der Waals surface area contributed by atoms with Gasteiger partial charge < -0.3 is 15.0 Å². The van der Waals surface area contributed by atoms with E-state index in [1.165, 1.54) is 11.6 Å². The van der Waals surface area contributed by atoms with Crippen molar-refractivity contribution in [2.24, 2.45) is 0 Å². The van der Waals surface area contributed by atoms with Crippen LogP contribution in [0.2, 0.25) is 0 Å². The molecule has 0 aromatic heterocycles. The second-order valence-electron chi connectivity index (χ2n) is 8.19. The Morgan fingerprint density at radius 2 is 1.90 bits per heavy atom. The Balaban J connectivity index is 1.40. The van der Waals surface area contributed by atoms with Crippen molar-refractivity contribution < 1.29 is 14.5 Å².